The summed E-state index contributed by atoms with van der Waals surface area (Å²) in [6.07, 6.45) is 1.78. The highest BCUT2D eigenvalue weighted by molar-refractivity contribution is 5.73. The first-order valence-electron chi connectivity index (χ1n) is 5.43. The largest absolute Gasteiger partial charge is 0.480 e. The molecule has 0 spiro atoms. The van der Waals surface area contributed by atoms with Crippen molar-refractivity contribution >= 4 is 5.97 Å². The molecule has 0 aromatic heterocycles. The van der Waals surface area contributed by atoms with E-state index in [0.717, 1.165) is 13.0 Å². The van der Waals surface area contributed by atoms with Crippen LogP contribution in [0.4, 0.5) is 0 Å². The monoisotopic (exact) mass is 201 g/mol. The number of aliphatic carboxylic acids is 1. The fraction of sp³-hybridized carbons (Fsp3) is 0.909. The van der Waals surface area contributed by atoms with Crippen LogP contribution in [0, 0.1) is 11.8 Å². The van der Waals surface area contributed by atoms with Crippen LogP contribution in [-0.2, 0) is 4.79 Å². The molecule has 0 aliphatic rings. The van der Waals surface area contributed by atoms with Crippen molar-refractivity contribution in [3.05, 3.63) is 0 Å². The van der Waals surface area contributed by atoms with E-state index in [9.17, 15) is 4.79 Å². The van der Waals surface area contributed by atoms with Crippen molar-refractivity contribution in [3.8, 4) is 0 Å². The van der Waals surface area contributed by atoms with Crippen LogP contribution in [0.1, 0.15) is 40.5 Å². The number of carbonyl (C=O) groups is 1. The summed E-state index contributed by atoms with van der Waals surface area (Å²) in [6.45, 7) is 9.12. The fourth-order valence-corrected chi connectivity index (χ4v) is 1.23. The Bertz CT molecular complexity index is 169. The van der Waals surface area contributed by atoms with Gasteiger partial charge in [0, 0.05) is 0 Å². The van der Waals surface area contributed by atoms with Gasteiger partial charge in [0.05, 0.1) is 0 Å². The molecule has 0 fully saturated rings. The normalized spacial score (nSPS) is 15.5. The van der Waals surface area contributed by atoms with Gasteiger partial charge < -0.3 is 10.4 Å². The molecule has 0 bridgehead atoms. The molecule has 0 saturated heterocycles. The molecule has 2 atom stereocenters. The molecule has 84 valence electrons. The number of hydrogen-bond donors (Lipinski definition) is 2. The van der Waals surface area contributed by atoms with E-state index < -0.39 is 5.97 Å². The van der Waals surface area contributed by atoms with Crippen molar-refractivity contribution < 1.29 is 9.90 Å². The summed E-state index contributed by atoms with van der Waals surface area (Å²) in [5, 5.41) is 12.0. The summed E-state index contributed by atoms with van der Waals surface area (Å²) in [5.41, 5.74) is 0. The molecule has 0 rings (SSSR count). The lowest BCUT2D eigenvalue weighted by molar-refractivity contribution is -0.140. The summed E-state index contributed by atoms with van der Waals surface area (Å²) in [5.74, 6) is 0.228. The molecule has 14 heavy (non-hydrogen) atoms. The van der Waals surface area contributed by atoms with Gasteiger partial charge in [-0.3, -0.25) is 4.79 Å². The van der Waals surface area contributed by atoms with Crippen LogP contribution in [0.25, 0.3) is 0 Å². The Hall–Kier alpha value is -0.570. The summed E-state index contributed by atoms with van der Waals surface area (Å²) in [6, 6.07) is -0.385. The predicted molar refractivity (Wildman–Crippen MR) is 58.3 cm³/mol. The maximum atomic E-state index is 10.9. The average Bonchev–Trinajstić information content (AvgIpc) is 2.10. The van der Waals surface area contributed by atoms with Gasteiger partial charge in [0.2, 0.25) is 0 Å². The van der Waals surface area contributed by atoms with Gasteiger partial charge in [-0.1, -0.05) is 34.1 Å². The Morgan fingerprint density at radius 1 is 1.36 bits per heavy atom. The maximum Gasteiger partial charge on any atom is 0.320 e. The summed E-state index contributed by atoms with van der Waals surface area (Å²) < 4.78 is 0. The lowest BCUT2D eigenvalue weighted by Gasteiger charge is -2.18. The van der Waals surface area contributed by atoms with E-state index in [1.165, 1.54) is 0 Å². The van der Waals surface area contributed by atoms with Crippen molar-refractivity contribution in [1.29, 1.82) is 0 Å². The molecule has 0 aromatic rings. The van der Waals surface area contributed by atoms with Crippen LogP contribution >= 0.6 is 0 Å². The van der Waals surface area contributed by atoms with Gasteiger partial charge in [0.1, 0.15) is 6.04 Å². The summed E-state index contributed by atoms with van der Waals surface area (Å²) in [7, 11) is 0. The number of hydrogen-bond acceptors (Lipinski definition) is 2. The van der Waals surface area contributed by atoms with E-state index in [1.54, 1.807) is 0 Å². The van der Waals surface area contributed by atoms with Gasteiger partial charge in [0.15, 0.2) is 0 Å². The van der Waals surface area contributed by atoms with Crippen molar-refractivity contribution in [2.24, 2.45) is 11.8 Å². The van der Waals surface area contributed by atoms with E-state index >= 15 is 0 Å². The van der Waals surface area contributed by atoms with E-state index in [0.29, 0.717) is 18.3 Å². The number of carboxylic acid groups (broad SMARTS) is 1. The maximum absolute atomic E-state index is 10.9. The van der Waals surface area contributed by atoms with Gasteiger partial charge in [-0.25, -0.2) is 0 Å². The third kappa shape index (κ3) is 5.97. The molecule has 0 saturated carbocycles. The summed E-state index contributed by atoms with van der Waals surface area (Å²) >= 11 is 0. The fourth-order valence-electron chi connectivity index (χ4n) is 1.23. The van der Waals surface area contributed by atoms with Crippen molar-refractivity contribution in [2.75, 3.05) is 6.54 Å². The summed E-state index contributed by atoms with van der Waals surface area (Å²) in [4.78, 5) is 10.9. The Morgan fingerprint density at radius 3 is 2.29 bits per heavy atom. The molecule has 0 radical (unpaired) electrons. The van der Waals surface area contributed by atoms with Crippen molar-refractivity contribution in [1.82, 2.24) is 5.32 Å². The molecule has 2 N–H and O–H groups in total. The van der Waals surface area contributed by atoms with Crippen molar-refractivity contribution in [3.63, 3.8) is 0 Å². The molecule has 0 aliphatic heterocycles. The van der Waals surface area contributed by atoms with Crippen LogP contribution in [0.2, 0.25) is 0 Å². The smallest absolute Gasteiger partial charge is 0.320 e. The van der Waals surface area contributed by atoms with Crippen LogP contribution in [0.15, 0.2) is 0 Å². The number of carboxylic acids is 1. The molecule has 3 nitrogen and oxygen atoms in total. The topological polar surface area (TPSA) is 49.3 Å². The van der Waals surface area contributed by atoms with Gasteiger partial charge >= 0.3 is 5.97 Å². The van der Waals surface area contributed by atoms with Gasteiger partial charge in [0.25, 0.3) is 0 Å². The minimum absolute atomic E-state index is 0.385. The second kappa shape index (κ2) is 6.82. The standard InChI is InChI=1S/C11H23NO2/c1-5-9(4)7-12-10(11(13)14)6-8(2)3/h8-10,12H,5-7H2,1-4H3,(H,13,14)/t9?,10-/m1/s1. The highest BCUT2D eigenvalue weighted by Crippen LogP contribution is 2.06. The molecule has 1 unspecified atom stereocenters. The minimum atomic E-state index is -0.734. The van der Waals surface area contributed by atoms with Crippen LogP contribution in [0.5, 0.6) is 0 Å². The SMILES string of the molecule is CCC(C)CN[C@H](CC(C)C)C(=O)O. The quantitative estimate of drug-likeness (QED) is 0.663. The Labute approximate surface area is 86.9 Å². The third-order valence-corrected chi connectivity index (χ3v) is 2.41. The second-order valence-electron chi connectivity index (χ2n) is 4.44. The highest BCUT2D eigenvalue weighted by Gasteiger charge is 2.18. The van der Waals surface area contributed by atoms with Crippen LogP contribution < -0.4 is 5.32 Å². The molecule has 0 heterocycles. The Kier molecular flexibility index (Phi) is 6.54. The zero-order valence-corrected chi connectivity index (χ0v) is 9.71. The molecule has 3 heteroatoms. The highest BCUT2D eigenvalue weighted by atomic mass is 16.4. The molecule has 0 amide bonds. The van der Waals surface area contributed by atoms with Crippen LogP contribution in [-0.4, -0.2) is 23.7 Å². The molecule has 0 aromatic carbocycles. The Morgan fingerprint density at radius 2 is 1.93 bits per heavy atom. The molecular weight excluding hydrogens is 178 g/mol. The van der Waals surface area contributed by atoms with E-state index in [2.05, 4.69) is 19.2 Å². The van der Waals surface area contributed by atoms with Crippen molar-refractivity contribution in [2.45, 2.75) is 46.6 Å². The Balaban J connectivity index is 3.91. The van der Waals surface area contributed by atoms with Gasteiger partial charge in [-0.15, -0.1) is 0 Å². The first-order chi connectivity index (χ1) is 6.47. The number of rotatable bonds is 7. The third-order valence-electron chi connectivity index (χ3n) is 2.41. The molecule has 0 aliphatic carbocycles. The average molecular weight is 201 g/mol. The van der Waals surface area contributed by atoms with E-state index in [4.69, 9.17) is 5.11 Å². The predicted octanol–water partition coefficient (Wildman–Crippen LogP) is 2.12. The lowest BCUT2D eigenvalue weighted by atomic mass is 10.0. The van der Waals surface area contributed by atoms with E-state index in [-0.39, 0.29) is 6.04 Å². The number of nitrogens with one attached hydrogen (secondary N) is 1. The van der Waals surface area contributed by atoms with E-state index in [1.807, 2.05) is 13.8 Å². The second-order valence-corrected chi connectivity index (χ2v) is 4.44. The first-order valence-corrected chi connectivity index (χ1v) is 5.43. The minimum Gasteiger partial charge on any atom is -0.480 e. The lowest BCUT2D eigenvalue weighted by Crippen LogP contribution is -2.39. The molecular formula is C11H23NO2. The zero-order valence-electron chi connectivity index (χ0n) is 9.71. The zero-order chi connectivity index (χ0) is 11.1. The van der Waals surface area contributed by atoms with Crippen LogP contribution in [0.3, 0.4) is 0 Å². The first kappa shape index (κ1) is 13.4. The van der Waals surface area contributed by atoms with Gasteiger partial charge in [-0.05, 0) is 24.8 Å². The van der Waals surface area contributed by atoms with Gasteiger partial charge in [-0.2, -0.15) is 0 Å².